The second kappa shape index (κ2) is 4.72. The van der Waals surface area contributed by atoms with Crippen molar-refractivity contribution in [2.45, 2.75) is 4.34 Å². The van der Waals surface area contributed by atoms with Gasteiger partial charge >= 0.3 is 6.03 Å². The van der Waals surface area contributed by atoms with Crippen LogP contribution in [0.1, 0.15) is 0 Å². The van der Waals surface area contributed by atoms with Crippen LogP contribution in [0.4, 0.5) is 9.93 Å². The van der Waals surface area contributed by atoms with E-state index in [4.69, 9.17) is 0 Å². The number of hydrogen-bond acceptors (Lipinski definition) is 6. The number of rotatable bonds is 3. The van der Waals surface area contributed by atoms with E-state index in [0.717, 1.165) is 11.3 Å². The molecule has 0 fully saturated rings. The molecule has 2 amide bonds. The third-order valence-corrected chi connectivity index (χ3v) is 4.48. The molecule has 0 atom stereocenters. The first-order valence-electron chi connectivity index (χ1n) is 4.15. The summed E-state index contributed by atoms with van der Waals surface area (Å²) in [6.07, 6.45) is 0. The molecule has 1 heterocycles. The highest BCUT2D eigenvalue weighted by Gasteiger charge is 2.21. The van der Waals surface area contributed by atoms with Crippen molar-refractivity contribution in [2.24, 2.45) is 0 Å². The molecule has 10 heteroatoms. The molecule has 1 aromatic rings. The Labute approximate surface area is 96.7 Å². The van der Waals surface area contributed by atoms with Gasteiger partial charge in [0.25, 0.3) is 10.0 Å². The van der Waals surface area contributed by atoms with Crippen LogP contribution in [-0.4, -0.2) is 45.8 Å². The summed E-state index contributed by atoms with van der Waals surface area (Å²) in [6.45, 7) is 0. The third kappa shape index (κ3) is 2.46. The van der Waals surface area contributed by atoms with Gasteiger partial charge in [0.05, 0.1) is 0 Å². The average molecular weight is 265 g/mol. The van der Waals surface area contributed by atoms with E-state index in [2.05, 4.69) is 20.2 Å². The van der Waals surface area contributed by atoms with Gasteiger partial charge < -0.3 is 5.32 Å². The van der Waals surface area contributed by atoms with Crippen molar-refractivity contribution in [3.05, 3.63) is 0 Å². The zero-order valence-corrected chi connectivity index (χ0v) is 10.5. The van der Waals surface area contributed by atoms with Crippen LogP contribution in [0.5, 0.6) is 0 Å². The highest BCUT2D eigenvalue weighted by Crippen LogP contribution is 2.22. The van der Waals surface area contributed by atoms with Crippen LogP contribution in [-0.2, 0) is 10.0 Å². The number of hydrogen-bond donors (Lipinski definition) is 2. The van der Waals surface area contributed by atoms with E-state index in [-0.39, 0.29) is 9.47 Å². The van der Waals surface area contributed by atoms with Gasteiger partial charge in [0.15, 0.2) is 0 Å². The van der Waals surface area contributed by atoms with E-state index >= 15 is 0 Å². The normalized spacial score (nSPS) is 11.2. The van der Waals surface area contributed by atoms with Gasteiger partial charge in [-0.15, -0.1) is 10.2 Å². The summed E-state index contributed by atoms with van der Waals surface area (Å²) in [7, 11) is 0.601. The minimum absolute atomic E-state index is 0.180. The molecule has 16 heavy (non-hydrogen) atoms. The van der Waals surface area contributed by atoms with Gasteiger partial charge in [-0.3, -0.25) is 4.90 Å². The van der Waals surface area contributed by atoms with Crippen LogP contribution in [0.15, 0.2) is 4.34 Å². The lowest BCUT2D eigenvalue weighted by Crippen LogP contribution is -2.34. The fraction of sp³-hybridized carbons (Fsp3) is 0.500. The first-order chi connectivity index (χ1) is 7.42. The number of carbonyl (C=O) groups is 1. The summed E-state index contributed by atoms with van der Waals surface area (Å²) in [5.74, 6) is 0. The molecule has 1 rings (SSSR count). The van der Waals surface area contributed by atoms with Crippen molar-refractivity contribution >= 4 is 32.5 Å². The summed E-state index contributed by atoms with van der Waals surface area (Å²) in [6, 6.07) is -0.399. The van der Waals surface area contributed by atoms with Crippen LogP contribution in [0.2, 0.25) is 0 Å². The lowest BCUT2D eigenvalue weighted by atomic mass is 10.8. The summed E-state index contributed by atoms with van der Waals surface area (Å²) in [5.41, 5.74) is 0. The molecule has 0 saturated carbocycles. The van der Waals surface area contributed by atoms with Gasteiger partial charge in [-0.1, -0.05) is 11.3 Å². The summed E-state index contributed by atoms with van der Waals surface area (Å²) in [5, 5.41) is 9.69. The van der Waals surface area contributed by atoms with Crippen LogP contribution in [0.3, 0.4) is 0 Å². The molecule has 0 aliphatic rings. The number of nitrogens with one attached hydrogen (secondary N) is 2. The summed E-state index contributed by atoms with van der Waals surface area (Å²) in [4.78, 5) is 12.4. The molecule has 0 aromatic carbocycles. The molecular formula is C6H11N5O3S2. The highest BCUT2D eigenvalue weighted by molar-refractivity contribution is 7.91. The first kappa shape index (κ1) is 12.8. The largest absolute Gasteiger partial charge is 0.341 e. The Balaban J connectivity index is 3.00. The minimum Gasteiger partial charge on any atom is -0.341 e. The zero-order valence-electron chi connectivity index (χ0n) is 8.88. The Kier molecular flexibility index (Phi) is 3.78. The molecular weight excluding hydrogens is 254 g/mol. The van der Waals surface area contributed by atoms with E-state index < -0.39 is 16.1 Å². The van der Waals surface area contributed by atoms with Crippen molar-refractivity contribution in [1.29, 1.82) is 0 Å². The summed E-state index contributed by atoms with van der Waals surface area (Å²) >= 11 is 0.809. The first-order valence-corrected chi connectivity index (χ1v) is 6.45. The maximum atomic E-state index is 11.4. The van der Waals surface area contributed by atoms with Gasteiger partial charge in [-0.05, 0) is 7.05 Å². The van der Waals surface area contributed by atoms with Crippen LogP contribution in [0.25, 0.3) is 0 Å². The van der Waals surface area contributed by atoms with Crippen LogP contribution >= 0.6 is 11.3 Å². The van der Waals surface area contributed by atoms with Gasteiger partial charge in [0, 0.05) is 14.1 Å². The highest BCUT2D eigenvalue weighted by atomic mass is 32.2. The average Bonchev–Trinajstić information content (AvgIpc) is 2.76. The van der Waals surface area contributed by atoms with Gasteiger partial charge in [0.1, 0.15) is 0 Å². The number of urea groups is 1. The van der Waals surface area contributed by atoms with Gasteiger partial charge in [-0.25, -0.2) is 17.9 Å². The zero-order chi connectivity index (χ0) is 12.3. The molecule has 0 saturated heterocycles. The fourth-order valence-corrected chi connectivity index (χ4v) is 2.56. The molecule has 2 N–H and O–H groups in total. The number of carbonyl (C=O) groups excluding carboxylic acids is 1. The Morgan fingerprint density at radius 1 is 1.38 bits per heavy atom. The van der Waals surface area contributed by atoms with E-state index in [1.165, 1.54) is 26.0 Å². The predicted molar refractivity (Wildman–Crippen MR) is 59.0 cm³/mol. The lowest BCUT2D eigenvalue weighted by molar-refractivity contribution is 0.249. The Morgan fingerprint density at radius 2 is 2.00 bits per heavy atom. The standard InChI is InChI=1S/C6H11N5O3S2/c1-7-4(12)11(3)5-9-10-6(15-5)16(13,14)8-2/h8H,1-3H3,(H,7,12). The number of anilines is 1. The quantitative estimate of drug-likeness (QED) is 0.698. The van der Waals surface area contributed by atoms with E-state index in [9.17, 15) is 13.2 Å². The molecule has 0 radical (unpaired) electrons. The van der Waals surface area contributed by atoms with Gasteiger partial charge in [0.2, 0.25) is 9.47 Å². The second-order valence-electron chi connectivity index (χ2n) is 2.67. The Hall–Kier alpha value is -1.26. The lowest BCUT2D eigenvalue weighted by Gasteiger charge is -2.10. The molecule has 0 aliphatic carbocycles. The molecule has 90 valence electrons. The van der Waals surface area contributed by atoms with E-state index in [1.807, 2.05) is 0 Å². The van der Waals surface area contributed by atoms with E-state index in [0.29, 0.717) is 0 Å². The SMILES string of the molecule is CNC(=O)N(C)c1nnc(S(=O)(=O)NC)s1. The number of amides is 2. The Morgan fingerprint density at radius 3 is 2.50 bits per heavy atom. The monoisotopic (exact) mass is 265 g/mol. The van der Waals surface area contributed by atoms with E-state index in [1.54, 1.807) is 0 Å². The predicted octanol–water partition coefficient (Wildman–Crippen LogP) is -0.778. The fourth-order valence-electron chi connectivity index (χ4n) is 0.789. The summed E-state index contributed by atoms with van der Waals surface area (Å²) < 4.78 is 24.6. The van der Waals surface area contributed by atoms with Crippen molar-refractivity contribution in [3.8, 4) is 0 Å². The van der Waals surface area contributed by atoms with Gasteiger partial charge in [-0.2, -0.15) is 0 Å². The molecule has 0 spiro atoms. The minimum atomic E-state index is -3.61. The third-order valence-electron chi connectivity index (χ3n) is 1.70. The van der Waals surface area contributed by atoms with Crippen molar-refractivity contribution < 1.29 is 13.2 Å². The molecule has 0 bridgehead atoms. The maximum absolute atomic E-state index is 11.4. The maximum Gasteiger partial charge on any atom is 0.323 e. The smallest absolute Gasteiger partial charge is 0.323 e. The van der Waals surface area contributed by atoms with Crippen molar-refractivity contribution in [2.75, 3.05) is 26.0 Å². The van der Waals surface area contributed by atoms with Crippen LogP contribution in [0, 0.1) is 0 Å². The molecule has 0 unspecified atom stereocenters. The van der Waals surface area contributed by atoms with Crippen molar-refractivity contribution in [1.82, 2.24) is 20.2 Å². The Bertz CT molecular complexity index is 482. The number of nitrogens with zero attached hydrogens (tertiary/aromatic N) is 3. The topological polar surface area (TPSA) is 104 Å². The molecule has 8 nitrogen and oxygen atoms in total. The van der Waals surface area contributed by atoms with Crippen molar-refractivity contribution in [3.63, 3.8) is 0 Å². The molecule has 1 aromatic heterocycles. The number of sulfonamides is 1. The number of aromatic nitrogens is 2. The molecule has 0 aliphatic heterocycles. The second-order valence-corrected chi connectivity index (χ2v) is 5.69. The van der Waals surface area contributed by atoms with Crippen LogP contribution < -0.4 is 14.9 Å².